The highest BCUT2D eigenvalue weighted by Gasteiger charge is 2.37. The van der Waals surface area contributed by atoms with E-state index in [9.17, 15) is 4.79 Å². The summed E-state index contributed by atoms with van der Waals surface area (Å²) < 4.78 is 2.18. The topological polar surface area (TPSA) is 49.6 Å². The van der Waals surface area contributed by atoms with E-state index in [1.165, 1.54) is 11.3 Å². The molecule has 1 saturated carbocycles. The van der Waals surface area contributed by atoms with Gasteiger partial charge in [0, 0.05) is 37.8 Å². The number of piperidine rings is 1. The molecule has 3 heterocycles. The first-order chi connectivity index (χ1) is 12.2. The van der Waals surface area contributed by atoms with Gasteiger partial charge in [-0.1, -0.05) is 19.4 Å². The molecule has 1 saturated heterocycles. The van der Waals surface area contributed by atoms with Crippen molar-refractivity contribution in [2.45, 2.75) is 52.1 Å². The molecule has 25 heavy (non-hydrogen) atoms. The number of likely N-dealkylation sites (tertiary alicyclic amines) is 1. The van der Waals surface area contributed by atoms with E-state index >= 15 is 0 Å². The fourth-order valence-corrected chi connectivity index (χ4v) is 4.07. The Kier molecular flexibility index (Phi) is 4.50. The van der Waals surface area contributed by atoms with Crippen LogP contribution in [-0.4, -0.2) is 39.3 Å². The highest BCUT2D eigenvalue weighted by atomic mass is 16.2. The molecule has 0 spiro atoms. The lowest BCUT2D eigenvalue weighted by Gasteiger charge is -2.39. The van der Waals surface area contributed by atoms with Crippen LogP contribution in [0.3, 0.4) is 0 Å². The van der Waals surface area contributed by atoms with Gasteiger partial charge in [0.25, 0.3) is 0 Å². The van der Waals surface area contributed by atoms with Crippen LogP contribution in [0.4, 0.5) is 0 Å². The summed E-state index contributed by atoms with van der Waals surface area (Å²) in [4.78, 5) is 19.0. The Morgan fingerprint density at radius 1 is 1.36 bits per heavy atom. The SMILES string of the molecule is CC[C@H]1CN(C(=O)C2CC2)CC[C@H]1NCc1cnc2c(C)cccn12. The van der Waals surface area contributed by atoms with Crippen molar-refractivity contribution in [1.29, 1.82) is 0 Å². The van der Waals surface area contributed by atoms with Crippen LogP contribution in [0.2, 0.25) is 0 Å². The van der Waals surface area contributed by atoms with Crippen LogP contribution < -0.4 is 5.32 Å². The first kappa shape index (κ1) is 16.6. The van der Waals surface area contributed by atoms with E-state index < -0.39 is 0 Å². The molecule has 1 N–H and O–H groups in total. The molecule has 0 radical (unpaired) electrons. The number of amides is 1. The minimum atomic E-state index is 0.336. The number of rotatable bonds is 5. The zero-order valence-corrected chi connectivity index (χ0v) is 15.2. The number of carbonyl (C=O) groups excluding carboxylic acids is 1. The van der Waals surface area contributed by atoms with Crippen molar-refractivity contribution in [2.24, 2.45) is 11.8 Å². The van der Waals surface area contributed by atoms with Crippen LogP contribution in [0.5, 0.6) is 0 Å². The largest absolute Gasteiger partial charge is 0.342 e. The van der Waals surface area contributed by atoms with Crippen molar-refractivity contribution < 1.29 is 4.79 Å². The van der Waals surface area contributed by atoms with Gasteiger partial charge in [-0.25, -0.2) is 4.98 Å². The maximum atomic E-state index is 12.3. The fourth-order valence-electron chi connectivity index (χ4n) is 4.07. The summed E-state index contributed by atoms with van der Waals surface area (Å²) in [6, 6.07) is 4.65. The maximum absolute atomic E-state index is 12.3. The minimum Gasteiger partial charge on any atom is -0.342 e. The summed E-state index contributed by atoms with van der Waals surface area (Å²) in [5.41, 5.74) is 3.44. The fraction of sp³-hybridized carbons (Fsp3) is 0.600. The zero-order chi connectivity index (χ0) is 17.4. The van der Waals surface area contributed by atoms with E-state index in [-0.39, 0.29) is 0 Å². The molecule has 0 unspecified atom stereocenters. The molecule has 2 aliphatic rings. The number of hydrogen-bond acceptors (Lipinski definition) is 3. The molecule has 2 atom stereocenters. The average molecular weight is 340 g/mol. The minimum absolute atomic E-state index is 0.336. The van der Waals surface area contributed by atoms with Crippen molar-refractivity contribution in [3.05, 3.63) is 35.8 Å². The van der Waals surface area contributed by atoms with Gasteiger partial charge < -0.3 is 14.6 Å². The predicted octanol–water partition coefficient (Wildman–Crippen LogP) is 2.77. The molecule has 1 amide bonds. The Bertz CT molecular complexity index is 764. The van der Waals surface area contributed by atoms with Crippen LogP contribution in [0, 0.1) is 18.8 Å². The Labute approximate surface area is 149 Å². The van der Waals surface area contributed by atoms with E-state index in [1.807, 2.05) is 6.20 Å². The van der Waals surface area contributed by atoms with Crippen LogP contribution in [-0.2, 0) is 11.3 Å². The molecule has 5 nitrogen and oxygen atoms in total. The highest BCUT2D eigenvalue weighted by Crippen LogP contribution is 2.33. The Morgan fingerprint density at radius 3 is 2.96 bits per heavy atom. The summed E-state index contributed by atoms with van der Waals surface area (Å²) in [5.74, 6) is 1.27. The molecule has 1 aliphatic carbocycles. The lowest BCUT2D eigenvalue weighted by atomic mass is 9.89. The van der Waals surface area contributed by atoms with Crippen molar-refractivity contribution in [2.75, 3.05) is 13.1 Å². The van der Waals surface area contributed by atoms with Gasteiger partial charge in [0.15, 0.2) is 0 Å². The number of imidazole rings is 1. The molecule has 2 aromatic rings. The normalized spacial score (nSPS) is 24.0. The van der Waals surface area contributed by atoms with E-state index in [0.717, 1.165) is 51.0 Å². The van der Waals surface area contributed by atoms with Crippen molar-refractivity contribution in [3.8, 4) is 0 Å². The Balaban J connectivity index is 1.40. The highest BCUT2D eigenvalue weighted by molar-refractivity contribution is 5.81. The summed E-state index contributed by atoms with van der Waals surface area (Å²) in [6.45, 7) is 6.97. The Morgan fingerprint density at radius 2 is 2.20 bits per heavy atom. The smallest absolute Gasteiger partial charge is 0.225 e. The first-order valence-electron chi connectivity index (χ1n) is 9.61. The lowest BCUT2D eigenvalue weighted by molar-refractivity contribution is -0.134. The van der Waals surface area contributed by atoms with Gasteiger partial charge in [0.2, 0.25) is 5.91 Å². The lowest BCUT2D eigenvalue weighted by Crippen LogP contribution is -2.51. The molecule has 2 fully saturated rings. The Hall–Kier alpha value is -1.88. The van der Waals surface area contributed by atoms with Crippen molar-refractivity contribution in [1.82, 2.24) is 19.6 Å². The molecule has 2 aromatic heterocycles. The third-order valence-corrected chi connectivity index (χ3v) is 5.85. The number of fused-ring (bicyclic) bond motifs is 1. The molecule has 5 heteroatoms. The monoisotopic (exact) mass is 340 g/mol. The van der Waals surface area contributed by atoms with Gasteiger partial charge >= 0.3 is 0 Å². The molecular weight excluding hydrogens is 312 g/mol. The first-order valence-corrected chi connectivity index (χ1v) is 9.61. The van der Waals surface area contributed by atoms with Crippen molar-refractivity contribution in [3.63, 3.8) is 0 Å². The van der Waals surface area contributed by atoms with E-state index in [0.29, 0.717) is 23.8 Å². The molecular formula is C20H28N4O. The number of pyridine rings is 1. The third kappa shape index (κ3) is 3.30. The van der Waals surface area contributed by atoms with Gasteiger partial charge in [-0.2, -0.15) is 0 Å². The molecule has 4 rings (SSSR count). The quantitative estimate of drug-likeness (QED) is 0.910. The van der Waals surface area contributed by atoms with Gasteiger partial charge in [-0.05, 0) is 43.7 Å². The summed E-state index contributed by atoms with van der Waals surface area (Å²) in [7, 11) is 0. The number of nitrogens with zero attached hydrogens (tertiary/aromatic N) is 3. The van der Waals surface area contributed by atoms with Gasteiger partial charge in [-0.15, -0.1) is 0 Å². The molecule has 1 aliphatic heterocycles. The van der Waals surface area contributed by atoms with Crippen LogP contribution in [0.15, 0.2) is 24.5 Å². The van der Waals surface area contributed by atoms with Gasteiger partial charge in [0.1, 0.15) is 5.65 Å². The predicted molar refractivity (Wildman–Crippen MR) is 98.3 cm³/mol. The van der Waals surface area contributed by atoms with Crippen LogP contribution in [0.1, 0.15) is 43.9 Å². The average Bonchev–Trinajstić information content (AvgIpc) is 3.40. The molecule has 0 bridgehead atoms. The second kappa shape index (κ2) is 6.79. The summed E-state index contributed by atoms with van der Waals surface area (Å²) >= 11 is 0. The van der Waals surface area contributed by atoms with E-state index in [2.05, 4.69) is 51.8 Å². The number of aromatic nitrogens is 2. The second-order valence-electron chi connectivity index (χ2n) is 7.64. The zero-order valence-electron chi connectivity index (χ0n) is 15.2. The maximum Gasteiger partial charge on any atom is 0.225 e. The van der Waals surface area contributed by atoms with Gasteiger partial charge in [0.05, 0.1) is 11.9 Å². The van der Waals surface area contributed by atoms with Crippen LogP contribution >= 0.6 is 0 Å². The van der Waals surface area contributed by atoms with E-state index in [4.69, 9.17) is 0 Å². The summed E-state index contributed by atoms with van der Waals surface area (Å²) in [6.07, 6.45) is 8.41. The second-order valence-corrected chi connectivity index (χ2v) is 7.64. The number of aryl methyl sites for hydroxylation is 1. The third-order valence-electron chi connectivity index (χ3n) is 5.85. The number of nitrogens with one attached hydrogen (secondary N) is 1. The standard InChI is InChI=1S/C20H28N4O/c1-3-15-13-23(20(25)16-6-7-16)10-8-18(15)21-11-17-12-22-19-14(2)5-4-9-24(17)19/h4-5,9,12,15-16,18,21H,3,6-8,10-11,13H2,1-2H3/t15-,18+/m0/s1. The number of hydrogen-bond donors (Lipinski definition) is 1. The molecule has 0 aromatic carbocycles. The van der Waals surface area contributed by atoms with Crippen molar-refractivity contribution >= 4 is 11.6 Å². The molecule has 134 valence electrons. The number of carbonyl (C=O) groups is 1. The van der Waals surface area contributed by atoms with Gasteiger partial charge in [-0.3, -0.25) is 4.79 Å². The summed E-state index contributed by atoms with van der Waals surface area (Å²) in [5, 5.41) is 3.74. The van der Waals surface area contributed by atoms with Crippen LogP contribution in [0.25, 0.3) is 5.65 Å². The van der Waals surface area contributed by atoms with E-state index in [1.54, 1.807) is 0 Å².